The Kier molecular flexibility index (Phi) is 8.26. The molecule has 4 rings (SSSR count). The summed E-state index contributed by atoms with van der Waals surface area (Å²) in [5, 5.41) is 14.0. The number of nitrogens with one attached hydrogen (secondary N) is 1. The zero-order valence-electron chi connectivity index (χ0n) is 20.5. The molecule has 0 aliphatic rings. The molecule has 2 N–H and O–H groups in total. The number of likely N-dealkylation sites (N-methyl/N-ethyl adjacent to an activating group) is 1. The van der Waals surface area contributed by atoms with Crippen LogP contribution in [-0.4, -0.2) is 53.1 Å². The molecule has 7 nitrogen and oxygen atoms in total. The van der Waals surface area contributed by atoms with Crippen LogP contribution in [0.25, 0.3) is 11.3 Å². The lowest BCUT2D eigenvalue weighted by Gasteiger charge is -2.22. The molecule has 4 aromatic rings. The van der Waals surface area contributed by atoms with Crippen molar-refractivity contribution in [3.8, 4) is 17.0 Å². The minimum absolute atomic E-state index is 0.121. The van der Waals surface area contributed by atoms with Crippen molar-refractivity contribution in [1.29, 1.82) is 0 Å². The lowest BCUT2D eigenvalue weighted by molar-refractivity contribution is 0.0681. The zero-order valence-corrected chi connectivity index (χ0v) is 20.5. The van der Waals surface area contributed by atoms with Gasteiger partial charge in [0.15, 0.2) is 0 Å². The van der Waals surface area contributed by atoms with Crippen LogP contribution in [0.4, 0.5) is 5.95 Å². The average Bonchev–Trinajstić information content (AvgIpc) is 2.93. The number of hydrogen-bond acceptors (Lipinski definition) is 6. The van der Waals surface area contributed by atoms with Crippen LogP contribution in [-0.2, 0) is 6.42 Å². The molecule has 0 fully saturated rings. The molecule has 7 heteroatoms. The topological polar surface area (TPSA) is 87.6 Å². The molecule has 0 saturated carbocycles. The van der Waals surface area contributed by atoms with Crippen LogP contribution in [0.15, 0.2) is 91.1 Å². The van der Waals surface area contributed by atoms with Crippen LogP contribution in [0, 0.1) is 0 Å². The van der Waals surface area contributed by atoms with Crippen molar-refractivity contribution in [3.05, 3.63) is 108 Å². The van der Waals surface area contributed by atoms with Crippen molar-refractivity contribution >= 4 is 11.9 Å². The quantitative estimate of drug-likeness (QED) is 0.343. The second-order valence-electron chi connectivity index (χ2n) is 8.46. The molecule has 1 amide bonds. The highest BCUT2D eigenvalue weighted by atomic mass is 16.5. The maximum absolute atomic E-state index is 13.4. The highest BCUT2D eigenvalue weighted by molar-refractivity contribution is 5.99. The third-order valence-electron chi connectivity index (χ3n) is 5.90. The van der Waals surface area contributed by atoms with Gasteiger partial charge in [-0.15, -0.1) is 0 Å². The van der Waals surface area contributed by atoms with E-state index < -0.39 is 6.10 Å². The van der Waals surface area contributed by atoms with Crippen molar-refractivity contribution in [2.45, 2.75) is 12.5 Å². The number of rotatable bonds is 10. The van der Waals surface area contributed by atoms with E-state index in [1.54, 1.807) is 44.6 Å². The van der Waals surface area contributed by atoms with E-state index in [1.165, 1.54) is 10.5 Å². The summed E-state index contributed by atoms with van der Waals surface area (Å²) in [6.07, 6.45) is 1.54. The minimum atomic E-state index is -0.843. The monoisotopic (exact) mass is 482 g/mol. The van der Waals surface area contributed by atoms with E-state index in [-0.39, 0.29) is 12.5 Å². The first-order valence-corrected chi connectivity index (χ1v) is 11.8. The van der Waals surface area contributed by atoms with Gasteiger partial charge in [-0.2, -0.15) is 0 Å². The van der Waals surface area contributed by atoms with E-state index in [9.17, 15) is 9.90 Å². The number of methoxy groups -OCH3 is 1. The summed E-state index contributed by atoms with van der Waals surface area (Å²) in [5.74, 6) is 0.900. The highest BCUT2D eigenvalue weighted by Gasteiger charge is 2.22. The number of ether oxygens (including phenoxy) is 1. The van der Waals surface area contributed by atoms with Gasteiger partial charge in [0.1, 0.15) is 5.75 Å². The first kappa shape index (κ1) is 24.9. The van der Waals surface area contributed by atoms with Crippen LogP contribution in [0.5, 0.6) is 5.75 Å². The van der Waals surface area contributed by atoms with Crippen molar-refractivity contribution in [1.82, 2.24) is 14.9 Å². The van der Waals surface area contributed by atoms with E-state index in [2.05, 4.69) is 27.4 Å². The number of aromatic nitrogens is 2. The Labute approximate surface area is 211 Å². The van der Waals surface area contributed by atoms with Gasteiger partial charge in [-0.25, -0.2) is 9.97 Å². The summed E-state index contributed by atoms with van der Waals surface area (Å²) < 4.78 is 5.17. The predicted molar refractivity (Wildman–Crippen MR) is 141 cm³/mol. The lowest BCUT2D eigenvalue weighted by atomic mass is 10.1. The number of aliphatic hydroxyl groups is 1. The number of hydrogen-bond donors (Lipinski definition) is 2. The lowest BCUT2D eigenvalue weighted by Crippen LogP contribution is -2.31. The molecular weight excluding hydrogens is 452 g/mol. The Morgan fingerprint density at radius 2 is 1.67 bits per heavy atom. The number of anilines is 1. The molecule has 36 heavy (non-hydrogen) atoms. The van der Waals surface area contributed by atoms with Gasteiger partial charge in [0.25, 0.3) is 5.91 Å². The Bertz CT molecular complexity index is 1260. The van der Waals surface area contributed by atoms with Gasteiger partial charge in [-0.1, -0.05) is 72.8 Å². The summed E-state index contributed by atoms with van der Waals surface area (Å²) in [7, 11) is 3.25. The molecular formula is C29H30N4O3. The smallest absolute Gasteiger partial charge is 0.257 e. The van der Waals surface area contributed by atoms with Gasteiger partial charge in [0.2, 0.25) is 5.95 Å². The summed E-state index contributed by atoms with van der Waals surface area (Å²) in [6, 6.07) is 26.9. The first-order chi connectivity index (χ1) is 17.5. The van der Waals surface area contributed by atoms with E-state index in [0.29, 0.717) is 35.1 Å². The normalized spacial score (nSPS) is 11.5. The average molecular weight is 483 g/mol. The molecule has 0 aliphatic heterocycles. The second kappa shape index (κ2) is 12.0. The van der Waals surface area contributed by atoms with E-state index in [4.69, 9.17) is 4.74 Å². The van der Waals surface area contributed by atoms with Crippen LogP contribution in [0.2, 0.25) is 0 Å². The molecule has 0 bridgehead atoms. The Morgan fingerprint density at radius 1 is 1.00 bits per heavy atom. The second-order valence-corrected chi connectivity index (χ2v) is 8.46. The van der Waals surface area contributed by atoms with Gasteiger partial charge in [-0.05, 0) is 29.7 Å². The van der Waals surface area contributed by atoms with Crippen LogP contribution in [0.3, 0.4) is 0 Å². The standard InChI is InChI=1S/C29H30N4O3/c1-33(20-26(34)22-13-15-24(36-2)16-14-22)28(35)25-19-31-29(30-18-17-21-9-5-3-6-10-21)32-27(25)23-11-7-4-8-12-23/h3-16,19,26,34H,17-18,20H2,1-2H3,(H,30,31,32). The number of amides is 1. The molecule has 1 aromatic heterocycles. The zero-order chi connectivity index (χ0) is 25.3. The van der Waals surface area contributed by atoms with Gasteiger partial charge >= 0.3 is 0 Å². The number of carbonyl (C=O) groups is 1. The molecule has 1 atom stereocenters. The fraction of sp³-hybridized carbons (Fsp3) is 0.207. The summed E-state index contributed by atoms with van der Waals surface area (Å²) in [6.45, 7) is 0.788. The molecule has 0 spiro atoms. The summed E-state index contributed by atoms with van der Waals surface area (Å²) in [5.41, 5.74) is 3.66. The van der Waals surface area contributed by atoms with E-state index in [1.807, 2.05) is 48.5 Å². The van der Waals surface area contributed by atoms with Crippen molar-refractivity contribution < 1.29 is 14.6 Å². The van der Waals surface area contributed by atoms with Crippen molar-refractivity contribution in [3.63, 3.8) is 0 Å². The van der Waals surface area contributed by atoms with Crippen LogP contribution in [0.1, 0.15) is 27.6 Å². The molecule has 0 aliphatic carbocycles. The Balaban J connectivity index is 1.51. The molecule has 0 saturated heterocycles. The Morgan fingerprint density at radius 3 is 2.33 bits per heavy atom. The third kappa shape index (κ3) is 6.25. The minimum Gasteiger partial charge on any atom is -0.497 e. The van der Waals surface area contributed by atoms with Crippen molar-refractivity contribution in [2.75, 3.05) is 32.6 Å². The predicted octanol–water partition coefficient (Wildman–Crippen LogP) is 4.61. The van der Waals surface area contributed by atoms with E-state index >= 15 is 0 Å². The Hall–Kier alpha value is -4.23. The van der Waals surface area contributed by atoms with Crippen LogP contribution < -0.4 is 10.1 Å². The maximum atomic E-state index is 13.4. The number of nitrogens with zero attached hydrogens (tertiary/aromatic N) is 3. The summed E-state index contributed by atoms with van der Waals surface area (Å²) in [4.78, 5) is 24.0. The SMILES string of the molecule is COc1ccc(C(O)CN(C)C(=O)c2cnc(NCCc3ccccc3)nc2-c2ccccc2)cc1. The van der Waals surface area contributed by atoms with Gasteiger partial charge in [-0.3, -0.25) is 4.79 Å². The van der Waals surface area contributed by atoms with E-state index in [0.717, 1.165) is 12.0 Å². The number of aliphatic hydroxyl groups excluding tert-OH is 1. The first-order valence-electron chi connectivity index (χ1n) is 11.8. The molecule has 3 aromatic carbocycles. The third-order valence-corrected chi connectivity index (χ3v) is 5.90. The molecule has 0 radical (unpaired) electrons. The summed E-state index contributed by atoms with van der Waals surface area (Å²) >= 11 is 0. The van der Waals surface area contributed by atoms with Crippen molar-refractivity contribution in [2.24, 2.45) is 0 Å². The molecule has 184 valence electrons. The van der Waals surface area contributed by atoms with Crippen LogP contribution >= 0.6 is 0 Å². The fourth-order valence-corrected chi connectivity index (χ4v) is 3.88. The van der Waals surface area contributed by atoms with Gasteiger partial charge < -0.3 is 20.1 Å². The highest BCUT2D eigenvalue weighted by Crippen LogP contribution is 2.25. The fourth-order valence-electron chi connectivity index (χ4n) is 3.88. The maximum Gasteiger partial charge on any atom is 0.257 e. The van der Waals surface area contributed by atoms with Gasteiger partial charge in [0, 0.05) is 25.4 Å². The number of benzene rings is 3. The molecule has 1 unspecified atom stereocenters. The molecule has 1 heterocycles. The van der Waals surface area contributed by atoms with Gasteiger partial charge in [0.05, 0.1) is 31.0 Å². The number of carbonyl (C=O) groups excluding carboxylic acids is 1. The largest absolute Gasteiger partial charge is 0.497 e.